The number of hydrogen-bond acceptors (Lipinski definition) is 3. The van der Waals surface area contributed by atoms with Gasteiger partial charge in [0.2, 0.25) is 5.91 Å². The number of hydrogen-bond donors (Lipinski definition) is 1. The van der Waals surface area contributed by atoms with Crippen molar-refractivity contribution >= 4 is 33.9 Å². The molecule has 0 saturated heterocycles. The van der Waals surface area contributed by atoms with Crippen LogP contribution in [-0.2, 0) is 9.59 Å². The van der Waals surface area contributed by atoms with E-state index in [0.29, 0.717) is 4.67 Å². The Balaban J connectivity index is 2.77. The molecule has 0 spiro atoms. The summed E-state index contributed by atoms with van der Waals surface area (Å²) in [6.07, 6.45) is -2.70. The lowest BCUT2D eigenvalue weighted by Crippen LogP contribution is -2.41. The van der Waals surface area contributed by atoms with Crippen molar-refractivity contribution in [2.75, 3.05) is 13.1 Å². The van der Waals surface area contributed by atoms with Gasteiger partial charge in [-0.1, -0.05) is 0 Å². The minimum atomic E-state index is -4.67. The van der Waals surface area contributed by atoms with Gasteiger partial charge in [-0.15, -0.1) is 0 Å². The molecule has 20 heavy (non-hydrogen) atoms. The zero-order valence-corrected chi connectivity index (χ0v) is 11.4. The van der Waals surface area contributed by atoms with E-state index in [-0.39, 0.29) is 10.7 Å². The van der Waals surface area contributed by atoms with Gasteiger partial charge < -0.3 is 14.4 Å². The number of alkyl halides is 3. The second kappa shape index (κ2) is 6.60. The van der Waals surface area contributed by atoms with Gasteiger partial charge in [-0.3, -0.25) is 9.59 Å². The number of rotatable bonds is 5. The van der Waals surface area contributed by atoms with Crippen molar-refractivity contribution in [2.24, 2.45) is 0 Å². The lowest BCUT2D eigenvalue weighted by molar-refractivity contribution is -0.163. The van der Waals surface area contributed by atoms with Crippen LogP contribution >= 0.6 is 15.9 Å². The van der Waals surface area contributed by atoms with Crippen molar-refractivity contribution in [1.82, 2.24) is 4.90 Å². The molecule has 9 heteroatoms. The van der Waals surface area contributed by atoms with Crippen LogP contribution in [0.4, 0.5) is 13.2 Å². The second-order valence-corrected chi connectivity index (χ2v) is 4.46. The monoisotopic (exact) mass is 355 g/mol. The summed E-state index contributed by atoms with van der Waals surface area (Å²) in [6, 6.07) is 3.02. The maximum absolute atomic E-state index is 12.2. The van der Waals surface area contributed by atoms with E-state index in [1.54, 1.807) is 0 Å². The molecule has 1 amide bonds. The van der Waals surface area contributed by atoms with E-state index in [9.17, 15) is 22.8 Å². The number of halogens is 4. The number of furan rings is 1. The molecule has 0 aromatic carbocycles. The average Bonchev–Trinajstić information content (AvgIpc) is 2.68. The molecule has 0 aliphatic rings. The van der Waals surface area contributed by atoms with Crippen LogP contribution in [0.2, 0.25) is 0 Å². The fourth-order valence-corrected chi connectivity index (χ4v) is 1.59. The molecule has 0 unspecified atom stereocenters. The van der Waals surface area contributed by atoms with Crippen LogP contribution in [0.3, 0.4) is 0 Å². The van der Waals surface area contributed by atoms with Gasteiger partial charge in [0.15, 0.2) is 4.67 Å². The third kappa shape index (κ3) is 5.91. The molecule has 110 valence electrons. The van der Waals surface area contributed by atoms with E-state index in [1.165, 1.54) is 12.1 Å². The van der Waals surface area contributed by atoms with Crippen molar-refractivity contribution < 1.29 is 32.3 Å². The number of amides is 1. The maximum atomic E-state index is 12.2. The predicted molar refractivity (Wildman–Crippen MR) is 65.7 cm³/mol. The Kier molecular flexibility index (Phi) is 5.37. The van der Waals surface area contributed by atoms with Crippen LogP contribution in [0, 0.1) is 0 Å². The lowest BCUT2D eigenvalue weighted by Gasteiger charge is -2.20. The Morgan fingerprint density at radius 1 is 1.40 bits per heavy atom. The van der Waals surface area contributed by atoms with Gasteiger partial charge in [-0.25, -0.2) is 0 Å². The summed E-state index contributed by atoms with van der Waals surface area (Å²) >= 11 is 3.02. The van der Waals surface area contributed by atoms with Crippen molar-refractivity contribution in [2.45, 2.75) is 6.18 Å². The lowest BCUT2D eigenvalue weighted by atomic mass is 10.3. The summed E-state index contributed by atoms with van der Waals surface area (Å²) in [5.74, 6) is -2.36. The molecule has 0 radical (unpaired) electrons. The second-order valence-electron chi connectivity index (χ2n) is 3.68. The normalized spacial score (nSPS) is 11.8. The van der Waals surface area contributed by atoms with E-state index in [1.807, 2.05) is 0 Å². The van der Waals surface area contributed by atoms with Crippen molar-refractivity contribution in [3.8, 4) is 0 Å². The Morgan fingerprint density at radius 3 is 2.50 bits per heavy atom. The fourth-order valence-electron chi connectivity index (χ4n) is 1.27. The largest absolute Gasteiger partial charge is 0.480 e. The van der Waals surface area contributed by atoms with Gasteiger partial charge in [0.05, 0.1) is 0 Å². The number of carboxylic acid groups (broad SMARTS) is 1. The van der Waals surface area contributed by atoms with Gasteiger partial charge in [0.1, 0.15) is 18.8 Å². The maximum Gasteiger partial charge on any atom is 0.406 e. The van der Waals surface area contributed by atoms with Crippen molar-refractivity contribution in [1.29, 1.82) is 0 Å². The molecule has 0 atom stereocenters. The summed E-state index contributed by atoms with van der Waals surface area (Å²) in [5, 5.41) is 8.51. The van der Waals surface area contributed by atoms with Gasteiger partial charge in [0.25, 0.3) is 0 Å². The molecule has 1 aromatic rings. The summed E-state index contributed by atoms with van der Waals surface area (Å²) < 4.78 is 42.1. The summed E-state index contributed by atoms with van der Waals surface area (Å²) in [5.41, 5.74) is 0. The van der Waals surface area contributed by atoms with Crippen LogP contribution in [0.25, 0.3) is 6.08 Å². The Morgan fingerprint density at radius 2 is 2.05 bits per heavy atom. The highest BCUT2D eigenvalue weighted by atomic mass is 79.9. The molecule has 0 aliphatic carbocycles. The van der Waals surface area contributed by atoms with Crippen LogP contribution in [0.5, 0.6) is 0 Å². The van der Waals surface area contributed by atoms with Crippen LogP contribution < -0.4 is 0 Å². The quantitative estimate of drug-likeness (QED) is 0.824. The molecule has 1 heterocycles. The van der Waals surface area contributed by atoms with Crippen LogP contribution in [-0.4, -0.2) is 41.1 Å². The molecule has 1 rings (SSSR count). The Hall–Kier alpha value is -1.77. The molecule has 1 aromatic heterocycles. The molecule has 0 aliphatic heterocycles. The van der Waals surface area contributed by atoms with Gasteiger partial charge in [0, 0.05) is 6.08 Å². The summed E-state index contributed by atoms with van der Waals surface area (Å²) in [4.78, 5) is 22.2. The average molecular weight is 356 g/mol. The zero-order valence-electron chi connectivity index (χ0n) is 9.85. The smallest absolute Gasteiger partial charge is 0.406 e. The van der Waals surface area contributed by atoms with E-state index in [0.717, 1.165) is 12.2 Å². The van der Waals surface area contributed by atoms with E-state index >= 15 is 0 Å². The summed E-state index contributed by atoms with van der Waals surface area (Å²) in [6.45, 7) is -2.67. The highest BCUT2D eigenvalue weighted by Crippen LogP contribution is 2.18. The molecular formula is C11H9BrF3NO4. The van der Waals surface area contributed by atoms with Crippen LogP contribution in [0.15, 0.2) is 27.3 Å². The van der Waals surface area contributed by atoms with E-state index in [2.05, 4.69) is 15.9 Å². The number of carboxylic acids is 1. The number of aliphatic carboxylic acids is 1. The standard InChI is InChI=1S/C11H9BrF3NO4/c12-8-3-1-7(20-8)2-4-9(17)16(5-10(18)19)6-11(13,14)15/h1-4H,5-6H2,(H,18,19). The zero-order chi connectivity index (χ0) is 15.3. The predicted octanol–water partition coefficient (Wildman–Crippen LogP) is 2.53. The SMILES string of the molecule is O=C(O)CN(CC(F)(F)F)C(=O)C=Cc1ccc(Br)o1. The Labute approximate surface area is 119 Å². The number of carbonyl (C=O) groups is 2. The fraction of sp³-hybridized carbons (Fsp3) is 0.273. The first-order chi connectivity index (χ1) is 9.17. The molecule has 1 N–H and O–H groups in total. The highest BCUT2D eigenvalue weighted by Gasteiger charge is 2.33. The first-order valence-corrected chi connectivity index (χ1v) is 5.97. The minimum absolute atomic E-state index is 0.177. The van der Waals surface area contributed by atoms with Gasteiger partial charge in [-0.2, -0.15) is 13.2 Å². The third-order valence-corrected chi connectivity index (χ3v) is 2.42. The minimum Gasteiger partial charge on any atom is -0.480 e. The van der Waals surface area contributed by atoms with Gasteiger partial charge >= 0.3 is 12.1 Å². The van der Waals surface area contributed by atoms with Crippen molar-refractivity contribution in [3.63, 3.8) is 0 Å². The molecule has 5 nitrogen and oxygen atoms in total. The Bertz CT molecular complexity index is 524. The molecule has 0 fully saturated rings. The topological polar surface area (TPSA) is 70.8 Å². The summed E-state index contributed by atoms with van der Waals surface area (Å²) in [7, 11) is 0. The molecule has 0 bridgehead atoms. The first-order valence-electron chi connectivity index (χ1n) is 5.18. The highest BCUT2D eigenvalue weighted by molar-refractivity contribution is 9.10. The van der Waals surface area contributed by atoms with E-state index in [4.69, 9.17) is 9.52 Å². The molecular weight excluding hydrogens is 347 g/mol. The van der Waals surface area contributed by atoms with Crippen LogP contribution in [0.1, 0.15) is 5.76 Å². The third-order valence-electron chi connectivity index (χ3n) is 1.99. The van der Waals surface area contributed by atoms with Gasteiger partial charge in [-0.05, 0) is 34.1 Å². The molecule has 0 saturated carbocycles. The number of nitrogens with zero attached hydrogens (tertiary/aromatic N) is 1. The first kappa shape index (κ1) is 16.3. The van der Waals surface area contributed by atoms with Crippen molar-refractivity contribution in [3.05, 3.63) is 28.6 Å². The number of carbonyl (C=O) groups excluding carboxylic acids is 1. The van der Waals surface area contributed by atoms with E-state index < -0.39 is 31.1 Å².